The Morgan fingerprint density at radius 3 is 2.04 bits per heavy atom. The van der Waals surface area contributed by atoms with Gasteiger partial charge in [0.25, 0.3) is 5.91 Å². The highest BCUT2D eigenvalue weighted by Gasteiger charge is 2.14. The maximum atomic E-state index is 13.4. The van der Waals surface area contributed by atoms with Crippen molar-refractivity contribution >= 4 is 11.6 Å². The van der Waals surface area contributed by atoms with Crippen molar-refractivity contribution in [2.24, 2.45) is 0 Å². The Kier molecular flexibility index (Phi) is 6.12. The van der Waals surface area contributed by atoms with Crippen LogP contribution < -0.4 is 10.1 Å². The van der Waals surface area contributed by atoms with E-state index in [1.54, 1.807) is 0 Å². The standard InChI is InChI=1S/C19H22FNO4/c1-11-4-12(2)18(13(3)5-11)21-17(24)10-25-19-14(8-22)6-16(20)7-15(19)9-23/h4-7,22-23H,8-10H2,1-3H3,(H,21,24). The number of aliphatic hydroxyl groups is 2. The predicted octanol–water partition coefficient (Wildman–Crippen LogP) is 2.75. The van der Waals surface area contributed by atoms with Gasteiger partial charge in [-0.3, -0.25) is 4.79 Å². The van der Waals surface area contributed by atoms with Crippen LogP contribution >= 0.6 is 0 Å². The molecule has 0 fully saturated rings. The number of aryl methyl sites for hydroxylation is 3. The molecule has 0 aromatic heterocycles. The second kappa shape index (κ2) is 8.09. The molecule has 0 saturated carbocycles. The first-order chi connectivity index (χ1) is 11.8. The molecule has 0 aliphatic carbocycles. The van der Waals surface area contributed by atoms with Crippen LogP contribution in [0.15, 0.2) is 24.3 Å². The summed E-state index contributed by atoms with van der Waals surface area (Å²) >= 11 is 0. The first-order valence-electron chi connectivity index (χ1n) is 7.89. The van der Waals surface area contributed by atoms with Crippen molar-refractivity contribution in [1.29, 1.82) is 0 Å². The fourth-order valence-corrected chi connectivity index (χ4v) is 2.82. The van der Waals surface area contributed by atoms with Crippen LogP contribution in [-0.4, -0.2) is 22.7 Å². The lowest BCUT2D eigenvalue weighted by Gasteiger charge is -2.16. The van der Waals surface area contributed by atoms with Crippen molar-refractivity contribution in [3.8, 4) is 5.75 Å². The maximum Gasteiger partial charge on any atom is 0.262 e. The van der Waals surface area contributed by atoms with Crippen LogP contribution in [0.1, 0.15) is 27.8 Å². The summed E-state index contributed by atoms with van der Waals surface area (Å²) in [5.74, 6) is -0.845. The number of hydrogen-bond acceptors (Lipinski definition) is 4. The smallest absolute Gasteiger partial charge is 0.262 e. The first kappa shape index (κ1) is 18.9. The zero-order valence-corrected chi connectivity index (χ0v) is 14.5. The summed E-state index contributed by atoms with van der Waals surface area (Å²) in [5.41, 5.74) is 4.08. The average molecular weight is 347 g/mol. The normalized spacial score (nSPS) is 10.6. The predicted molar refractivity (Wildman–Crippen MR) is 93.0 cm³/mol. The van der Waals surface area contributed by atoms with Crippen LogP contribution in [0.5, 0.6) is 5.75 Å². The molecule has 0 aliphatic heterocycles. The molecule has 1 amide bonds. The van der Waals surface area contributed by atoms with Gasteiger partial charge in [-0.15, -0.1) is 0 Å². The topological polar surface area (TPSA) is 78.8 Å². The molecular formula is C19H22FNO4. The van der Waals surface area contributed by atoms with Crippen LogP contribution in [0.3, 0.4) is 0 Å². The van der Waals surface area contributed by atoms with E-state index in [2.05, 4.69) is 5.32 Å². The van der Waals surface area contributed by atoms with Gasteiger partial charge in [0.1, 0.15) is 11.6 Å². The van der Waals surface area contributed by atoms with Crippen molar-refractivity contribution in [1.82, 2.24) is 0 Å². The third kappa shape index (κ3) is 4.55. The zero-order valence-electron chi connectivity index (χ0n) is 14.5. The molecule has 2 aromatic carbocycles. The number of rotatable bonds is 6. The molecule has 0 spiro atoms. The van der Waals surface area contributed by atoms with Crippen molar-refractivity contribution in [2.45, 2.75) is 34.0 Å². The summed E-state index contributed by atoms with van der Waals surface area (Å²) in [6.45, 7) is 4.55. The molecule has 0 radical (unpaired) electrons. The molecule has 134 valence electrons. The van der Waals surface area contributed by atoms with Gasteiger partial charge in [-0.2, -0.15) is 0 Å². The van der Waals surface area contributed by atoms with E-state index in [9.17, 15) is 19.4 Å². The number of aliphatic hydroxyl groups excluding tert-OH is 2. The molecular weight excluding hydrogens is 325 g/mol. The van der Waals surface area contributed by atoms with Gasteiger partial charge in [0.15, 0.2) is 6.61 Å². The van der Waals surface area contributed by atoms with Crippen molar-refractivity contribution in [3.05, 3.63) is 57.9 Å². The van der Waals surface area contributed by atoms with Gasteiger partial charge < -0.3 is 20.3 Å². The number of nitrogens with one attached hydrogen (secondary N) is 1. The summed E-state index contributed by atoms with van der Waals surface area (Å²) in [6.07, 6.45) is 0. The van der Waals surface area contributed by atoms with E-state index in [0.717, 1.165) is 34.5 Å². The number of amides is 1. The minimum absolute atomic E-state index is 0.124. The van der Waals surface area contributed by atoms with Gasteiger partial charge in [-0.1, -0.05) is 17.7 Å². The van der Waals surface area contributed by atoms with Crippen molar-refractivity contribution in [2.75, 3.05) is 11.9 Å². The monoisotopic (exact) mass is 347 g/mol. The number of hydrogen-bond donors (Lipinski definition) is 3. The van der Waals surface area contributed by atoms with E-state index in [1.165, 1.54) is 0 Å². The highest BCUT2D eigenvalue weighted by molar-refractivity contribution is 5.93. The number of anilines is 1. The molecule has 0 unspecified atom stereocenters. The Balaban J connectivity index is 2.13. The summed E-state index contributed by atoms with van der Waals surface area (Å²) in [4.78, 5) is 12.2. The SMILES string of the molecule is Cc1cc(C)c(NC(=O)COc2c(CO)cc(F)cc2CO)c(C)c1. The third-order valence-corrected chi connectivity index (χ3v) is 3.84. The first-order valence-corrected chi connectivity index (χ1v) is 7.89. The van der Waals surface area contributed by atoms with Crippen LogP contribution in [0.2, 0.25) is 0 Å². The Morgan fingerprint density at radius 2 is 1.56 bits per heavy atom. The summed E-state index contributed by atoms with van der Waals surface area (Å²) < 4.78 is 18.9. The van der Waals surface area contributed by atoms with E-state index < -0.39 is 19.0 Å². The number of carbonyl (C=O) groups excluding carboxylic acids is 1. The molecule has 0 aliphatic rings. The van der Waals surface area contributed by atoms with Gasteiger partial charge in [0.05, 0.1) is 13.2 Å². The molecule has 0 saturated heterocycles. The molecule has 0 heterocycles. The lowest BCUT2D eigenvalue weighted by molar-refractivity contribution is -0.118. The van der Waals surface area contributed by atoms with Gasteiger partial charge >= 0.3 is 0 Å². The van der Waals surface area contributed by atoms with Crippen LogP contribution in [0.4, 0.5) is 10.1 Å². The van der Waals surface area contributed by atoms with Gasteiger partial charge in [0, 0.05) is 16.8 Å². The minimum atomic E-state index is -0.587. The Labute approximate surface area is 146 Å². The highest BCUT2D eigenvalue weighted by atomic mass is 19.1. The summed E-state index contributed by atoms with van der Waals surface area (Å²) in [5, 5.41) is 21.5. The molecule has 2 rings (SSSR count). The van der Waals surface area contributed by atoms with E-state index in [4.69, 9.17) is 4.74 Å². The highest BCUT2D eigenvalue weighted by Crippen LogP contribution is 2.26. The molecule has 5 nitrogen and oxygen atoms in total. The minimum Gasteiger partial charge on any atom is -0.483 e. The second-order valence-corrected chi connectivity index (χ2v) is 5.98. The Bertz CT molecular complexity index is 741. The van der Waals surface area contributed by atoms with Crippen LogP contribution in [0.25, 0.3) is 0 Å². The molecule has 6 heteroatoms. The Hall–Kier alpha value is -2.44. The van der Waals surface area contributed by atoms with Crippen molar-refractivity contribution in [3.63, 3.8) is 0 Å². The van der Waals surface area contributed by atoms with Crippen LogP contribution in [-0.2, 0) is 18.0 Å². The molecule has 2 aromatic rings. The van der Waals surface area contributed by atoms with Gasteiger partial charge in [-0.25, -0.2) is 4.39 Å². The largest absolute Gasteiger partial charge is 0.483 e. The summed E-state index contributed by atoms with van der Waals surface area (Å²) in [7, 11) is 0. The van der Waals surface area contributed by atoms with Gasteiger partial charge in [-0.05, 0) is 44.0 Å². The number of carbonyl (C=O) groups is 1. The van der Waals surface area contributed by atoms with E-state index in [1.807, 2.05) is 32.9 Å². The van der Waals surface area contributed by atoms with Gasteiger partial charge in [0.2, 0.25) is 0 Å². The third-order valence-electron chi connectivity index (χ3n) is 3.84. The number of ether oxygens (including phenoxy) is 1. The maximum absolute atomic E-state index is 13.4. The Morgan fingerprint density at radius 1 is 1.04 bits per heavy atom. The summed E-state index contributed by atoms with van der Waals surface area (Å²) in [6, 6.07) is 6.16. The fourth-order valence-electron chi connectivity index (χ4n) is 2.82. The van der Waals surface area contributed by atoms with E-state index in [-0.39, 0.29) is 29.4 Å². The number of halogens is 1. The average Bonchev–Trinajstić information content (AvgIpc) is 2.55. The molecule has 3 N–H and O–H groups in total. The lowest BCUT2D eigenvalue weighted by atomic mass is 10.1. The molecule has 0 atom stereocenters. The molecule has 0 bridgehead atoms. The quantitative estimate of drug-likeness (QED) is 0.751. The zero-order chi connectivity index (χ0) is 18.6. The number of benzene rings is 2. The fraction of sp³-hybridized carbons (Fsp3) is 0.316. The lowest BCUT2D eigenvalue weighted by Crippen LogP contribution is -2.22. The van der Waals surface area contributed by atoms with Crippen molar-refractivity contribution < 1.29 is 24.1 Å². The van der Waals surface area contributed by atoms with Crippen LogP contribution in [0, 0.1) is 26.6 Å². The van der Waals surface area contributed by atoms with E-state index in [0.29, 0.717) is 0 Å². The van der Waals surface area contributed by atoms with E-state index >= 15 is 0 Å². The molecule has 25 heavy (non-hydrogen) atoms. The second-order valence-electron chi connectivity index (χ2n) is 5.98.